The largest absolute Gasteiger partial charge is 0.478 e. The molecule has 0 N–H and O–H groups in total. The number of methoxy groups -OCH3 is 1. The van der Waals surface area contributed by atoms with Crippen LogP contribution in [0.2, 0.25) is 5.02 Å². The molecular weight excluding hydrogens is 498 g/mol. The van der Waals surface area contributed by atoms with Gasteiger partial charge in [-0.15, -0.1) is 0 Å². The number of aromatic nitrogens is 2. The number of nitrogens with zero attached hydrogens (tertiary/aromatic N) is 3. The molecule has 0 bridgehead atoms. The first-order valence-electron chi connectivity index (χ1n) is 9.82. The van der Waals surface area contributed by atoms with Crippen LogP contribution in [0.4, 0.5) is 0 Å². The monoisotopic (exact) mass is 519 g/mol. The summed E-state index contributed by atoms with van der Waals surface area (Å²) in [6.07, 6.45) is 0.633. The molecule has 3 rings (SSSR count). The van der Waals surface area contributed by atoms with Gasteiger partial charge in [-0.3, -0.25) is 4.79 Å². The highest BCUT2D eigenvalue weighted by Crippen LogP contribution is 2.25. The smallest absolute Gasteiger partial charge is 0.346 e. The standard InChI is InChI=1S/C23H23BrClN3O4/c1-13(21(30)31-5)32-19-9-7-16(25)10-14(19)12-26-28-20(29)17-11-15(24)6-8-18(17)27-22(28)23(2,3)4/h6-13H,1-5H3/t13-/m1/s1. The van der Waals surface area contributed by atoms with E-state index < -0.39 is 17.5 Å². The van der Waals surface area contributed by atoms with E-state index in [1.54, 1.807) is 37.3 Å². The predicted octanol–water partition coefficient (Wildman–Crippen LogP) is 4.93. The number of hydrogen-bond acceptors (Lipinski definition) is 6. The van der Waals surface area contributed by atoms with Gasteiger partial charge in [0, 0.05) is 20.5 Å². The molecule has 0 saturated heterocycles. The number of carbonyl (C=O) groups is 1. The lowest BCUT2D eigenvalue weighted by atomic mass is 9.95. The Morgan fingerprint density at radius 1 is 1.25 bits per heavy atom. The van der Waals surface area contributed by atoms with Gasteiger partial charge in [0.05, 0.1) is 24.2 Å². The topological polar surface area (TPSA) is 82.8 Å². The van der Waals surface area contributed by atoms with Gasteiger partial charge in [-0.25, -0.2) is 9.78 Å². The fourth-order valence-corrected chi connectivity index (χ4v) is 3.53. The zero-order valence-electron chi connectivity index (χ0n) is 18.3. The molecule has 1 aromatic heterocycles. The van der Waals surface area contributed by atoms with E-state index in [2.05, 4.69) is 21.0 Å². The van der Waals surface area contributed by atoms with Crippen LogP contribution in [0.1, 0.15) is 39.1 Å². The fourth-order valence-electron chi connectivity index (χ4n) is 2.99. The van der Waals surface area contributed by atoms with E-state index in [1.165, 1.54) is 18.0 Å². The number of halogens is 2. The molecule has 0 aliphatic rings. The lowest BCUT2D eigenvalue weighted by molar-refractivity contribution is -0.147. The quantitative estimate of drug-likeness (QED) is 0.352. The number of rotatable bonds is 5. The van der Waals surface area contributed by atoms with Gasteiger partial charge in [0.1, 0.15) is 11.6 Å². The number of esters is 1. The van der Waals surface area contributed by atoms with Crippen molar-refractivity contribution in [3.63, 3.8) is 0 Å². The average molecular weight is 521 g/mol. The molecule has 0 fully saturated rings. The van der Waals surface area contributed by atoms with Crippen molar-refractivity contribution in [2.24, 2.45) is 5.10 Å². The maximum Gasteiger partial charge on any atom is 0.346 e. The third-order valence-electron chi connectivity index (χ3n) is 4.60. The average Bonchev–Trinajstić information content (AvgIpc) is 2.73. The Morgan fingerprint density at radius 3 is 2.62 bits per heavy atom. The van der Waals surface area contributed by atoms with E-state index in [-0.39, 0.29) is 5.56 Å². The number of fused-ring (bicyclic) bond motifs is 1. The number of ether oxygens (including phenoxy) is 2. The van der Waals surface area contributed by atoms with Crippen LogP contribution in [0, 0.1) is 0 Å². The summed E-state index contributed by atoms with van der Waals surface area (Å²) in [7, 11) is 1.29. The normalized spacial score (nSPS) is 12.8. The van der Waals surface area contributed by atoms with Crippen molar-refractivity contribution in [2.45, 2.75) is 39.2 Å². The molecule has 7 nitrogen and oxygen atoms in total. The minimum Gasteiger partial charge on any atom is -0.478 e. The molecule has 3 aromatic rings. The van der Waals surface area contributed by atoms with E-state index in [9.17, 15) is 9.59 Å². The molecular formula is C23H23BrClN3O4. The van der Waals surface area contributed by atoms with Gasteiger partial charge >= 0.3 is 5.97 Å². The molecule has 0 unspecified atom stereocenters. The maximum absolute atomic E-state index is 13.3. The first-order chi connectivity index (χ1) is 15.0. The molecule has 0 amide bonds. The molecule has 0 aliphatic heterocycles. The Hall–Kier alpha value is -2.71. The van der Waals surface area contributed by atoms with Crippen LogP contribution in [-0.4, -0.2) is 35.1 Å². The van der Waals surface area contributed by atoms with Gasteiger partial charge in [-0.1, -0.05) is 48.3 Å². The van der Waals surface area contributed by atoms with Crippen LogP contribution in [0.5, 0.6) is 5.75 Å². The van der Waals surface area contributed by atoms with E-state index in [1.807, 2.05) is 26.8 Å². The van der Waals surface area contributed by atoms with Crippen molar-refractivity contribution in [1.29, 1.82) is 0 Å². The van der Waals surface area contributed by atoms with Crippen LogP contribution >= 0.6 is 27.5 Å². The second-order valence-corrected chi connectivity index (χ2v) is 9.53. The Bertz CT molecular complexity index is 1260. The Morgan fingerprint density at radius 2 is 1.97 bits per heavy atom. The molecule has 1 heterocycles. The molecule has 1 atom stereocenters. The van der Waals surface area contributed by atoms with Crippen molar-refractivity contribution >= 4 is 50.6 Å². The van der Waals surface area contributed by atoms with Crippen LogP contribution < -0.4 is 10.3 Å². The first-order valence-corrected chi connectivity index (χ1v) is 11.0. The van der Waals surface area contributed by atoms with Gasteiger partial charge in [0.2, 0.25) is 0 Å². The zero-order chi connectivity index (χ0) is 23.6. The maximum atomic E-state index is 13.3. The first kappa shape index (κ1) is 23.9. The van der Waals surface area contributed by atoms with E-state index in [0.717, 1.165) is 4.47 Å². The van der Waals surface area contributed by atoms with E-state index in [4.69, 9.17) is 26.1 Å². The van der Waals surface area contributed by atoms with Crippen molar-refractivity contribution in [2.75, 3.05) is 7.11 Å². The van der Waals surface area contributed by atoms with Crippen molar-refractivity contribution < 1.29 is 14.3 Å². The zero-order valence-corrected chi connectivity index (χ0v) is 20.7. The summed E-state index contributed by atoms with van der Waals surface area (Å²) in [6, 6.07) is 10.3. The summed E-state index contributed by atoms with van der Waals surface area (Å²) < 4.78 is 12.5. The van der Waals surface area contributed by atoms with Crippen molar-refractivity contribution in [3.8, 4) is 5.75 Å². The molecule has 0 aliphatic carbocycles. The summed E-state index contributed by atoms with van der Waals surface area (Å²) in [6.45, 7) is 7.45. The molecule has 0 saturated carbocycles. The van der Waals surface area contributed by atoms with Crippen LogP contribution in [0.3, 0.4) is 0 Å². The third-order valence-corrected chi connectivity index (χ3v) is 5.33. The predicted molar refractivity (Wildman–Crippen MR) is 129 cm³/mol. The van der Waals surface area contributed by atoms with Gasteiger partial charge in [0.25, 0.3) is 5.56 Å². The van der Waals surface area contributed by atoms with Crippen LogP contribution in [-0.2, 0) is 14.9 Å². The van der Waals surface area contributed by atoms with Crippen molar-refractivity contribution in [3.05, 3.63) is 67.6 Å². The van der Waals surface area contributed by atoms with Gasteiger partial charge in [0.15, 0.2) is 6.10 Å². The Kier molecular flexibility index (Phi) is 7.05. The van der Waals surface area contributed by atoms with Crippen LogP contribution in [0.25, 0.3) is 10.9 Å². The second-order valence-electron chi connectivity index (χ2n) is 8.17. The summed E-state index contributed by atoms with van der Waals surface area (Å²) in [5.41, 5.74) is 0.331. The molecule has 32 heavy (non-hydrogen) atoms. The molecule has 9 heteroatoms. The lowest BCUT2D eigenvalue weighted by Crippen LogP contribution is -2.29. The fraction of sp³-hybridized carbons (Fsp3) is 0.304. The van der Waals surface area contributed by atoms with Gasteiger partial charge in [-0.05, 0) is 43.3 Å². The molecule has 2 aromatic carbocycles. The van der Waals surface area contributed by atoms with E-state index in [0.29, 0.717) is 33.1 Å². The van der Waals surface area contributed by atoms with Crippen molar-refractivity contribution in [1.82, 2.24) is 9.66 Å². The highest BCUT2D eigenvalue weighted by atomic mass is 79.9. The summed E-state index contributed by atoms with van der Waals surface area (Å²) in [5.74, 6) is 0.359. The van der Waals surface area contributed by atoms with Crippen LogP contribution in [0.15, 0.2) is 50.8 Å². The molecule has 0 radical (unpaired) electrons. The number of benzene rings is 2. The second kappa shape index (κ2) is 9.42. The lowest BCUT2D eigenvalue weighted by Gasteiger charge is -2.21. The number of carbonyl (C=O) groups excluding carboxylic acids is 1. The van der Waals surface area contributed by atoms with Gasteiger partial charge in [-0.2, -0.15) is 9.78 Å². The Labute approximate surface area is 199 Å². The highest BCUT2D eigenvalue weighted by Gasteiger charge is 2.23. The van der Waals surface area contributed by atoms with Gasteiger partial charge < -0.3 is 9.47 Å². The number of hydrogen-bond donors (Lipinski definition) is 0. The third kappa shape index (κ3) is 5.19. The Balaban J connectivity index is 2.14. The highest BCUT2D eigenvalue weighted by molar-refractivity contribution is 9.10. The minimum atomic E-state index is -0.833. The summed E-state index contributed by atoms with van der Waals surface area (Å²) in [4.78, 5) is 29.8. The summed E-state index contributed by atoms with van der Waals surface area (Å²) >= 11 is 9.56. The summed E-state index contributed by atoms with van der Waals surface area (Å²) in [5, 5.41) is 5.33. The van der Waals surface area contributed by atoms with E-state index >= 15 is 0 Å². The molecule has 0 spiro atoms. The molecule has 168 valence electrons. The minimum absolute atomic E-state index is 0.301. The SMILES string of the molecule is COC(=O)[C@@H](C)Oc1ccc(Cl)cc1C=Nn1c(C(C)(C)C)nc2ccc(Br)cc2c1=O.